The van der Waals surface area contributed by atoms with Gasteiger partial charge in [-0.25, -0.2) is 9.69 Å². The maximum absolute atomic E-state index is 13.5. The Balaban J connectivity index is 1.69. The van der Waals surface area contributed by atoms with Crippen molar-refractivity contribution in [2.24, 2.45) is 0 Å². The van der Waals surface area contributed by atoms with Crippen molar-refractivity contribution < 1.29 is 14.4 Å². The van der Waals surface area contributed by atoms with E-state index in [0.29, 0.717) is 25.1 Å². The molecule has 1 N–H and O–H groups in total. The molecule has 3 rings (SSSR count). The van der Waals surface area contributed by atoms with Gasteiger partial charge in [-0.2, -0.15) is 5.06 Å². The lowest BCUT2D eigenvalue weighted by atomic mass is 9.70. The molecule has 6 nitrogen and oxygen atoms in total. The summed E-state index contributed by atoms with van der Waals surface area (Å²) in [4.78, 5) is 34.0. The van der Waals surface area contributed by atoms with Crippen molar-refractivity contribution in [2.75, 3.05) is 11.5 Å². The molecular weight excluding hydrogens is 390 g/mol. The van der Waals surface area contributed by atoms with Crippen molar-refractivity contribution in [3.63, 3.8) is 0 Å². The molecule has 2 fully saturated rings. The number of anilines is 1. The molecule has 2 heterocycles. The van der Waals surface area contributed by atoms with Gasteiger partial charge in [-0.3, -0.25) is 9.63 Å². The average molecular weight is 430 g/mol. The Morgan fingerprint density at radius 2 is 1.48 bits per heavy atom. The van der Waals surface area contributed by atoms with E-state index in [1.54, 1.807) is 12.1 Å². The van der Waals surface area contributed by atoms with Gasteiger partial charge in [0.05, 0.1) is 12.3 Å². The fourth-order valence-electron chi connectivity index (χ4n) is 5.56. The van der Waals surface area contributed by atoms with Gasteiger partial charge in [0.1, 0.15) is 5.54 Å². The van der Waals surface area contributed by atoms with Crippen molar-refractivity contribution >= 4 is 17.6 Å². The van der Waals surface area contributed by atoms with Gasteiger partial charge in [-0.1, -0.05) is 57.2 Å². The van der Waals surface area contributed by atoms with E-state index in [2.05, 4.69) is 45.0 Å². The van der Waals surface area contributed by atoms with E-state index in [0.717, 1.165) is 6.42 Å². The molecule has 0 saturated carbocycles. The number of unbranched alkanes of at least 4 members (excludes halogenated alkanes) is 5. The summed E-state index contributed by atoms with van der Waals surface area (Å²) in [6, 6.07) is 8.81. The van der Waals surface area contributed by atoms with E-state index in [4.69, 9.17) is 4.84 Å². The molecule has 31 heavy (non-hydrogen) atoms. The van der Waals surface area contributed by atoms with E-state index in [-0.39, 0.29) is 11.9 Å². The summed E-state index contributed by atoms with van der Waals surface area (Å²) in [5.74, 6) is -0.166. The Bertz CT molecular complexity index is 757. The smallest absolute Gasteiger partial charge is 0.323 e. The first kappa shape index (κ1) is 23.7. The summed E-state index contributed by atoms with van der Waals surface area (Å²) in [7, 11) is 0. The van der Waals surface area contributed by atoms with Crippen molar-refractivity contribution in [2.45, 2.75) is 103 Å². The number of piperidine rings is 1. The van der Waals surface area contributed by atoms with Crippen LogP contribution in [0.2, 0.25) is 0 Å². The molecule has 0 bridgehead atoms. The zero-order chi connectivity index (χ0) is 22.7. The minimum absolute atomic E-state index is 0.166. The van der Waals surface area contributed by atoms with Gasteiger partial charge >= 0.3 is 6.03 Å². The molecule has 1 aromatic rings. The highest BCUT2D eigenvalue weighted by Gasteiger charge is 2.62. The number of para-hydroxylation sites is 1. The fraction of sp³-hybridized carbons (Fsp3) is 0.680. The summed E-state index contributed by atoms with van der Waals surface area (Å²) in [5.41, 5.74) is -1.11. The van der Waals surface area contributed by atoms with Gasteiger partial charge in [-0.15, -0.1) is 0 Å². The first-order valence-corrected chi connectivity index (χ1v) is 11.8. The average Bonchev–Trinajstić information content (AvgIpc) is 2.91. The van der Waals surface area contributed by atoms with Gasteiger partial charge in [0.15, 0.2) is 0 Å². The highest BCUT2D eigenvalue weighted by atomic mass is 16.7. The Kier molecular flexibility index (Phi) is 7.11. The Hall–Kier alpha value is -1.92. The number of urea groups is 1. The van der Waals surface area contributed by atoms with Gasteiger partial charge in [-0.05, 0) is 59.1 Å². The number of amides is 3. The second-order valence-electron chi connectivity index (χ2n) is 10.4. The van der Waals surface area contributed by atoms with Crippen LogP contribution in [-0.4, -0.2) is 40.2 Å². The van der Waals surface area contributed by atoms with Crippen LogP contribution in [0, 0.1) is 0 Å². The van der Waals surface area contributed by atoms with Crippen LogP contribution in [0.1, 0.15) is 86.0 Å². The zero-order valence-electron chi connectivity index (χ0n) is 19.9. The first-order valence-electron chi connectivity index (χ1n) is 11.8. The molecule has 1 aromatic carbocycles. The predicted molar refractivity (Wildman–Crippen MR) is 124 cm³/mol. The van der Waals surface area contributed by atoms with Crippen molar-refractivity contribution in [1.82, 2.24) is 10.4 Å². The number of benzene rings is 1. The highest BCUT2D eigenvalue weighted by Crippen LogP contribution is 2.46. The number of nitrogens with one attached hydrogen (secondary N) is 1. The SMILES string of the molecule is CCCCCCCCON1C(C)(C)CC2(CC1(C)C)NC(=O)N(c1ccccc1)C2=O. The van der Waals surface area contributed by atoms with E-state index in [1.807, 2.05) is 18.2 Å². The lowest BCUT2D eigenvalue weighted by Crippen LogP contribution is -2.69. The highest BCUT2D eigenvalue weighted by molar-refractivity contribution is 6.23. The first-order chi connectivity index (χ1) is 14.6. The number of hydroxylamine groups is 2. The second kappa shape index (κ2) is 9.29. The predicted octanol–water partition coefficient (Wildman–Crippen LogP) is 5.43. The molecule has 3 amide bonds. The number of nitrogens with zero attached hydrogens (tertiary/aromatic N) is 2. The topological polar surface area (TPSA) is 61.9 Å². The molecule has 2 saturated heterocycles. The van der Waals surface area contributed by atoms with Crippen molar-refractivity contribution in [3.05, 3.63) is 30.3 Å². The number of rotatable bonds is 9. The number of hydrogen-bond acceptors (Lipinski definition) is 4. The zero-order valence-corrected chi connectivity index (χ0v) is 19.9. The summed E-state index contributed by atoms with van der Waals surface area (Å²) < 4.78 is 0. The van der Waals surface area contributed by atoms with Gasteiger partial charge < -0.3 is 5.32 Å². The molecule has 0 radical (unpaired) electrons. The van der Waals surface area contributed by atoms with Crippen LogP contribution in [0.3, 0.4) is 0 Å². The largest absolute Gasteiger partial charge is 0.329 e. The molecule has 2 aliphatic heterocycles. The monoisotopic (exact) mass is 429 g/mol. The lowest BCUT2D eigenvalue weighted by molar-refractivity contribution is -0.289. The maximum atomic E-state index is 13.5. The van der Waals surface area contributed by atoms with Gasteiger partial charge in [0.2, 0.25) is 0 Å². The molecule has 172 valence electrons. The van der Waals surface area contributed by atoms with Crippen molar-refractivity contribution in [3.8, 4) is 0 Å². The lowest BCUT2D eigenvalue weighted by Gasteiger charge is -2.56. The van der Waals surface area contributed by atoms with Gasteiger partial charge in [0.25, 0.3) is 5.91 Å². The van der Waals surface area contributed by atoms with Crippen molar-refractivity contribution in [1.29, 1.82) is 0 Å². The van der Waals surface area contributed by atoms with E-state index in [9.17, 15) is 9.59 Å². The van der Waals surface area contributed by atoms with Crippen LogP contribution in [0.4, 0.5) is 10.5 Å². The van der Waals surface area contributed by atoms with E-state index >= 15 is 0 Å². The number of carbonyl (C=O) groups excluding carboxylic acids is 2. The summed E-state index contributed by atoms with van der Waals surface area (Å²) in [5, 5.41) is 5.12. The number of carbonyl (C=O) groups is 2. The number of hydrogen-bond donors (Lipinski definition) is 1. The van der Waals surface area contributed by atoms with Crippen LogP contribution in [0.5, 0.6) is 0 Å². The van der Waals surface area contributed by atoms with Crippen LogP contribution in [0.25, 0.3) is 0 Å². The quantitative estimate of drug-likeness (QED) is 0.420. The minimum atomic E-state index is -0.917. The molecule has 0 unspecified atom stereocenters. The molecule has 2 aliphatic rings. The summed E-state index contributed by atoms with van der Waals surface area (Å²) >= 11 is 0. The number of imide groups is 1. The van der Waals surface area contributed by atoms with Crippen LogP contribution in [-0.2, 0) is 9.63 Å². The summed E-state index contributed by atoms with van der Waals surface area (Å²) in [6.45, 7) is 11.3. The standard InChI is InChI=1S/C25H39N3O3/c1-6-7-8-9-10-14-17-31-28-23(2,3)18-25(19-24(28,4)5)21(29)27(22(30)26-25)20-15-12-11-13-16-20/h11-13,15-16H,6-10,14,17-19H2,1-5H3,(H,26,30). The van der Waals surface area contributed by atoms with Gasteiger partial charge in [0, 0.05) is 11.1 Å². The molecule has 6 heteroatoms. The Morgan fingerprint density at radius 1 is 0.903 bits per heavy atom. The van der Waals surface area contributed by atoms with Crippen LogP contribution in [0.15, 0.2) is 30.3 Å². The third-order valence-corrected chi connectivity index (χ3v) is 6.46. The summed E-state index contributed by atoms with van der Waals surface area (Å²) in [6.07, 6.45) is 8.33. The Morgan fingerprint density at radius 3 is 2.10 bits per heavy atom. The molecule has 0 atom stereocenters. The molecule has 1 spiro atoms. The second-order valence-corrected chi connectivity index (χ2v) is 10.4. The fourth-order valence-corrected chi connectivity index (χ4v) is 5.56. The maximum Gasteiger partial charge on any atom is 0.329 e. The van der Waals surface area contributed by atoms with Crippen LogP contribution < -0.4 is 10.2 Å². The third kappa shape index (κ3) is 4.96. The van der Waals surface area contributed by atoms with E-state index < -0.39 is 16.6 Å². The molecule has 0 aliphatic carbocycles. The normalized spacial score (nSPS) is 22.2. The van der Waals surface area contributed by atoms with Crippen LogP contribution >= 0.6 is 0 Å². The Labute approximate surface area is 187 Å². The molecule has 0 aromatic heterocycles. The third-order valence-electron chi connectivity index (χ3n) is 6.46. The molecular formula is C25H39N3O3. The van der Waals surface area contributed by atoms with E-state index in [1.165, 1.54) is 37.0 Å². The minimum Gasteiger partial charge on any atom is -0.323 e.